The fraction of sp³-hybridized carbons (Fsp3) is 0.308. The number of nitrogens with zero attached hydrogens (tertiary/aromatic N) is 3. The van der Waals surface area contributed by atoms with Crippen LogP contribution in [0.5, 0.6) is 0 Å². The van der Waals surface area contributed by atoms with Gasteiger partial charge in [-0.25, -0.2) is 0 Å². The SMILES string of the molecule is O=C1c2cccc3cccc(c23)C(=O)N1CCCCN1CCN(c2cccc(Cl)c2)CC1. The van der Waals surface area contributed by atoms with Crippen LogP contribution in [0.25, 0.3) is 10.8 Å². The maximum atomic E-state index is 13.0. The summed E-state index contributed by atoms with van der Waals surface area (Å²) in [5, 5.41) is 2.50. The molecule has 5 nitrogen and oxygen atoms in total. The molecule has 1 fully saturated rings. The van der Waals surface area contributed by atoms with Crippen molar-refractivity contribution in [3.8, 4) is 0 Å². The van der Waals surface area contributed by atoms with Crippen LogP contribution in [0.4, 0.5) is 5.69 Å². The van der Waals surface area contributed by atoms with Gasteiger partial charge in [0, 0.05) is 59.9 Å². The van der Waals surface area contributed by atoms with Crippen LogP contribution >= 0.6 is 11.6 Å². The van der Waals surface area contributed by atoms with E-state index in [9.17, 15) is 9.59 Å². The van der Waals surface area contributed by atoms with Gasteiger partial charge in [-0.15, -0.1) is 0 Å². The number of imide groups is 1. The van der Waals surface area contributed by atoms with Crippen molar-refractivity contribution in [3.05, 3.63) is 76.8 Å². The van der Waals surface area contributed by atoms with Gasteiger partial charge in [-0.2, -0.15) is 0 Å². The molecule has 0 atom stereocenters. The van der Waals surface area contributed by atoms with E-state index in [1.807, 2.05) is 54.6 Å². The van der Waals surface area contributed by atoms with Gasteiger partial charge in [0.25, 0.3) is 11.8 Å². The molecule has 6 heteroatoms. The molecule has 0 N–H and O–H groups in total. The molecule has 2 aliphatic rings. The van der Waals surface area contributed by atoms with Crippen LogP contribution in [0.15, 0.2) is 60.7 Å². The Kier molecular flexibility index (Phi) is 5.85. The Bertz CT molecular complexity index is 1120. The Labute approximate surface area is 193 Å². The van der Waals surface area contributed by atoms with Gasteiger partial charge in [0.2, 0.25) is 0 Å². The fourth-order valence-electron chi connectivity index (χ4n) is 4.79. The molecule has 0 bridgehead atoms. The average Bonchev–Trinajstić information content (AvgIpc) is 2.82. The molecule has 164 valence electrons. The Morgan fingerprint density at radius 1 is 0.750 bits per heavy atom. The van der Waals surface area contributed by atoms with E-state index in [4.69, 9.17) is 11.6 Å². The van der Waals surface area contributed by atoms with E-state index < -0.39 is 0 Å². The quantitative estimate of drug-likeness (QED) is 0.406. The number of anilines is 1. The van der Waals surface area contributed by atoms with Crippen LogP contribution in [0.2, 0.25) is 5.02 Å². The van der Waals surface area contributed by atoms with E-state index >= 15 is 0 Å². The van der Waals surface area contributed by atoms with Gasteiger partial charge < -0.3 is 4.90 Å². The fourth-order valence-corrected chi connectivity index (χ4v) is 4.98. The van der Waals surface area contributed by atoms with Gasteiger partial charge in [-0.05, 0) is 55.1 Å². The lowest BCUT2D eigenvalue weighted by Gasteiger charge is -2.36. The normalized spacial score (nSPS) is 16.8. The van der Waals surface area contributed by atoms with Crippen LogP contribution in [0.3, 0.4) is 0 Å². The van der Waals surface area contributed by atoms with Crippen LogP contribution in [-0.2, 0) is 0 Å². The Morgan fingerprint density at radius 3 is 2.03 bits per heavy atom. The Balaban J connectivity index is 1.13. The van der Waals surface area contributed by atoms with Crippen LogP contribution in [0.1, 0.15) is 33.6 Å². The van der Waals surface area contributed by atoms with Crippen molar-refractivity contribution in [1.29, 1.82) is 0 Å². The number of amides is 2. The first-order valence-electron chi connectivity index (χ1n) is 11.2. The first-order chi connectivity index (χ1) is 15.6. The van der Waals surface area contributed by atoms with Gasteiger partial charge in [0.15, 0.2) is 0 Å². The van der Waals surface area contributed by atoms with Crippen LogP contribution < -0.4 is 4.90 Å². The van der Waals surface area contributed by atoms with E-state index in [-0.39, 0.29) is 11.8 Å². The maximum Gasteiger partial charge on any atom is 0.261 e. The molecule has 2 aliphatic heterocycles. The van der Waals surface area contributed by atoms with Crippen molar-refractivity contribution >= 4 is 39.9 Å². The van der Waals surface area contributed by atoms with E-state index in [2.05, 4.69) is 15.9 Å². The van der Waals surface area contributed by atoms with Gasteiger partial charge in [-0.1, -0.05) is 41.9 Å². The third-order valence-corrected chi connectivity index (χ3v) is 6.74. The minimum atomic E-state index is -0.172. The second-order valence-corrected chi connectivity index (χ2v) is 8.92. The molecule has 5 rings (SSSR count). The number of carbonyl (C=O) groups excluding carboxylic acids is 2. The summed E-state index contributed by atoms with van der Waals surface area (Å²) in [6.45, 7) is 5.40. The summed E-state index contributed by atoms with van der Waals surface area (Å²) in [6, 6.07) is 19.3. The van der Waals surface area contributed by atoms with E-state index in [1.165, 1.54) is 10.6 Å². The summed E-state index contributed by atoms with van der Waals surface area (Å²) in [6.07, 6.45) is 1.77. The minimum Gasteiger partial charge on any atom is -0.369 e. The van der Waals surface area contributed by atoms with Crippen LogP contribution in [-0.4, -0.2) is 60.9 Å². The van der Waals surface area contributed by atoms with E-state index in [1.54, 1.807) is 0 Å². The first kappa shape index (κ1) is 21.0. The summed E-state index contributed by atoms with van der Waals surface area (Å²) < 4.78 is 0. The molecule has 0 aliphatic carbocycles. The number of piperazine rings is 1. The Morgan fingerprint density at radius 2 is 1.38 bits per heavy atom. The van der Waals surface area contributed by atoms with Gasteiger partial charge >= 0.3 is 0 Å². The number of halogens is 1. The van der Waals surface area contributed by atoms with Gasteiger partial charge in [-0.3, -0.25) is 19.4 Å². The van der Waals surface area contributed by atoms with Crippen molar-refractivity contribution in [1.82, 2.24) is 9.80 Å². The zero-order valence-corrected chi connectivity index (χ0v) is 18.7. The van der Waals surface area contributed by atoms with Crippen molar-refractivity contribution in [2.75, 3.05) is 44.2 Å². The molecule has 1 saturated heterocycles. The van der Waals surface area contributed by atoms with Gasteiger partial charge in [0.05, 0.1) is 0 Å². The standard InChI is InChI=1S/C26H26ClN3O2/c27-20-8-5-9-21(18-20)29-16-14-28(15-17-29)12-1-2-13-30-25(31)22-10-3-6-19-7-4-11-23(24(19)22)26(30)32/h3-11,18H,1-2,12-17H2. The van der Waals surface area contributed by atoms with Gasteiger partial charge in [0.1, 0.15) is 0 Å². The van der Waals surface area contributed by atoms with E-state index in [0.717, 1.165) is 61.4 Å². The summed E-state index contributed by atoms with van der Waals surface area (Å²) in [5.74, 6) is -0.344. The molecule has 3 aromatic rings. The molecular formula is C26H26ClN3O2. The molecular weight excluding hydrogens is 422 g/mol. The number of carbonyl (C=O) groups is 2. The highest BCUT2D eigenvalue weighted by molar-refractivity contribution is 6.30. The third kappa shape index (κ3) is 3.98. The van der Waals surface area contributed by atoms with E-state index in [0.29, 0.717) is 17.7 Å². The predicted molar refractivity (Wildman–Crippen MR) is 129 cm³/mol. The molecule has 2 heterocycles. The second-order valence-electron chi connectivity index (χ2n) is 8.49. The molecule has 0 saturated carbocycles. The molecule has 0 unspecified atom stereocenters. The lowest BCUT2D eigenvalue weighted by atomic mass is 9.94. The molecule has 0 radical (unpaired) electrons. The lowest BCUT2D eigenvalue weighted by molar-refractivity contribution is 0.0606. The number of benzene rings is 3. The van der Waals surface area contributed by atoms with Crippen molar-refractivity contribution < 1.29 is 9.59 Å². The molecule has 32 heavy (non-hydrogen) atoms. The highest BCUT2D eigenvalue weighted by Crippen LogP contribution is 2.30. The zero-order valence-electron chi connectivity index (χ0n) is 18.0. The number of hydrogen-bond acceptors (Lipinski definition) is 4. The molecule has 3 aromatic carbocycles. The van der Waals surface area contributed by atoms with Crippen molar-refractivity contribution in [3.63, 3.8) is 0 Å². The number of rotatable bonds is 6. The average molecular weight is 448 g/mol. The number of unbranched alkanes of at least 4 members (excludes halogenated alkanes) is 1. The topological polar surface area (TPSA) is 43.9 Å². The minimum absolute atomic E-state index is 0.172. The number of hydrogen-bond donors (Lipinski definition) is 0. The lowest BCUT2D eigenvalue weighted by Crippen LogP contribution is -2.46. The molecule has 0 aromatic heterocycles. The summed E-state index contributed by atoms with van der Waals surface area (Å²) in [7, 11) is 0. The monoisotopic (exact) mass is 447 g/mol. The van der Waals surface area contributed by atoms with Crippen LogP contribution in [0, 0.1) is 0 Å². The summed E-state index contributed by atoms with van der Waals surface area (Å²) in [4.78, 5) is 32.2. The summed E-state index contributed by atoms with van der Waals surface area (Å²) >= 11 is 6.12. The summed E-state index contributed by atoms with van der Waals surface area (Å²) in [5.41, 5.74) is 2.44. The molecule has 2 amide bonds. The largest absolute Gasteiger partial charge is 0.369 e. The zero-order chi connectivity index (χ0) is 22.1. The maximum absolute atomic E-state index is 13.0. The first-order valence-corrected chi connectivity index (χ1v) is 11.6. The Hall–Kier alpha value is -2.89. The van der Waals surface area contributed by atoms with Crippen molar-refractivity contribution in [2.24, 2.45) is 0 Å². The molecule has 0 spiro atoms. The second kappa shape index (κ2) is 8.93. The third-order valence-electron chi connectivity index (χ3n) is 6.51. The highest BCUT2D eigenvalue weighted by Gasteiger charge is 2.32. The predicted octanol–water partition coefficient (Wildman–Crippen LogP) is 4.69. The van der Waals surface area contributed by atoms with Crippen molar-refractivity contribution in [2.45, 2.75) is 12.8 Å². The highest BCUT2D eigenvalue weighted by atomic mass is 35.5. The smallest absolute Gasteiger partial charge is 0.261 e.